The van der Waals surface area contributed by atoms with Crippen molar-refractivity contribution in [2.45, 2.75) is 32.2 Å². The number of anilines is 1. The van der Waals surface area contributed by atoms with Gasteiger partial charge in [-0.15, -0.1) is 0 Å². The van der Waals surface area contributed by atoms with Crippen LogP contribution in [0.5, 0.6) is 0 Å². The molecule has 92 valence electrons. The van der Waals surface area contributed by atoms with Crippen LogP contribution in [0.2, 0.25) is 0 Å². The zero-order chi connectivity index (χ0) is 12.4. The molecule has 4 heteroatoms. The summed E-state index contributed by atoms with van der Waals surface area (Å²) in [5, 5.41) is 2.90. The minimum absolute atomic E-state index is 0.236. The third-order valence-electron chi connectivity index (χ3n) is 3.08. The Labute approximate surface area is 100 Å². The van der Waals surface area contributed by atoms with Crippen LogP contribution >= 0.6 is 0 Å². The average molecular weight is 236 g/mol. The Morgan fingerprint density at radius 2 is 2.29 bits per heavy atom. The number of nitrogen functional groups attached to an aromatic ring is 1. The SMILES string of the molecule is CCCC1CC1NC(=O)c1cc(N)cc(F)c1. The van der Waals surface area contributed by atoms with E-state index in [-0.39, 0.29) is 17.6 Å². The maximum atomic E-state index is 13.1. The van der Waals surface area contributed by atoms with E-state index in [0.29, 0.717) is 11.5 Å². The van der Waals surface area contributed by atoms with E-state index < -0.39 is 5.82 Å². The van der Waals surface area contributed by atoms with Crippen molar-refractivity contribution < 1.29 is 9.18 Å². The highest BCUT2D eigenvalue weighted by atomic mass is 19.1. The molecule has 1 aliphatic rings. The van der Waals surface area contributed by atoms with Crippen LogP contribution in [0.15, 0.2) is 18.2 Å². The standard InChI is InChI=1S/C13H17FN2O/c1-2-3-8-6-12(8)16-13(17)9-4-10(14)7-11(15)5-9/h4-5,7-8,12H,2-3,6,15H2,1H3,(H,16,17). The fourth-order valence-corrected chi connectivity index (χ4v) is 2.11. The van der Waals surface area contributed by atoms with Crippen LogP contribution in [0, 0.1) is 11.7 Å². The molecule has 1 aromatic rings. The predicted molar refractivity (Wildman–Crippen MR) is 65.1 cm³/mol. The van der Waals surface area contributed by atoms with E-state index in [4.69, 9.17) is 5.73 Å². The summed E-state index contributed by atoms with van der Waals surface area (Å²) < 4.78 is 13.1. The number of carbonyl (C=O) groups excluding carboxylic acids is 1. The number of hydrogen-bond acceptors (Lipinski definition) is 2. The molecular weight excluding hydrogens is 219 g/mol. The Balaban J connectivity index is 1.96. The fourth-order valence-electron chi connectivity index (χ4n) is 2.11. The summed E-state index contributed by atoms with van der Waals surface area (Å²) in [6.45, 7) is 2.13. The molecule has 1 fully saturated rings. The normalized spacial score (nSPS) is 22.2. The van der Waals surface area contributed by atoms with Gasteiger partial charge in [-0.1, -0.05) is 13.3 Å². The zero-order valence-electron chi connectivity index (χ0n) is 9.87. The number of benzene rings is 1. The summed E-state index contributed by atoms with van der Waals surface area (Å²) >= 11 is 0. The highest BCUT2D eigenvalue weighted by Crippen LogP contribution is 2.34. The average Bonchev–Trinajstić information content (AvgIpc) is 2.95. The second-order valence-electron chi connectivity index (χ2n) is 4.64. The molecule has 0 aliphatic heterocycles. The highest BCUT2D eigenvalue weighted by molar-refractivity contribution is 5.95. The lowest BCUT2D eigenvalue weighted by Gasteiger charge is -2.05. The molecule has 3 N–H and O–H groups in total. The van der Waals surface area contributed by atoms with Crippen molar-refractivity contribution in [3.05, 3.63) is 29.6 Å². The first kappa shape index (κ1) is 11.9. The minimum Gasteiger partial charge on any atom is -0.399 e. The molecule has 0 radical (unpaired) electrons. The number of carbonyl (C=O) groups is 1. The number of nitrogens with one attached hydrogen (secondary N) is 1. The number of halogens is 1. The van der Waals surface area contributed by atoms with Gasteiger partial charge in [0.25, 0.3) is 5.91 Å². The summed E-state index contributed by atoms with van der Waals surface area (Å²) in [6, 6.07) is 4.17. The van der Waals surface area contributed by atoms with Gasteiger partial charge in [0, 0.05) is 17.3 Å². The van der Waals surface area contributed by atoms with E-state index in [1.54, 1.807) is 0 Å². The van der Waals surface area contributed by atoms with Gasteiger partial charge in [-0.25, -0.2) is 4.39 Å². The van der Waals surface area contributed by atoms with Gasteiger partial charge in [0.1, 0.15) is 5.82 Å². The number of rotatable bonds is 4. The summed E-state index contributed by atoms with van der Waals surface area (Å²) in [7, 11) is 0. The molecule has 0 aromatic heterocycles. The maximum absolute atomic E-state index is 13.1. The number of amides is 1. The molecule has 3 nitrogen and oxygen atoms in total. The van der Waals surface area contributed by atoms with Crippen LogP contribution in [0.1, 0.15) is 36.5 Å². The molecule has 2 rings (SSSR count). The summed E-state index contributed by atoms with van der Waals surface area (Å²) in [5.74, 6) is -0.120. The van der Waals surface area contributed by atoms with Gasteiger partial charge in [0.05, 0.1) is 0 Å². The second-order valence-corrected chi connectivity index (χ2v) is 4.64. The lowest BCUT2D eigenvalue weighted by Crippen LogP contribution is -2.27. The zero-order valence-corrected chi connectivity index (χ0v) is 9.87. The molecule has 1 aromatic carbocycles. The molecule has 0 spiro atoms. The van der Waals surface area contributed by atoms with Crippen molar-refractivity contribution in [3.8, 4) is 0 Å². The summed E-state index contributed by atoms with van der Waals surface area (Å²) in [4.78, 5) is 11.8. The van der Waals surface area contributed by atoms with Crippen LogP contribution in [0.4, 0.5) is 10.1 Å². The smallest absolute Gasteiger partial charge is 0.251 e. The molecule has 17 heavy (non-hydrogen) atoms. The van der Waals surface area contributed by atoms with E-state index in [0.717, 1.165) is 19.3 Å². The Morgan fingerprint density at radius 1 is 1.53 bits per heavy atom. The third-order valence-corrected chi connectivity index (χ3v) is 3.08. The monoisotopic (exact) mass is 236 g/mol. The van der Waals surface area contributed by atoms with Gasteiger partial charge in [0.2, 0.25) is 0 Å². The predicted octanol–water partition coefficient (Wildman–Crippen LogP) is 2.33. The lowest BCUT2D eigenvalue weighted by molar-refractivity contribution is 0.0948. The number of nitrogens with two attached hydrogens (primary N) is 1. The first-order valence-electron chi connectivity index (χ1n) is 5.97. The van der Waals surface area contributed by atoms with E-state index in [9.17, 15) is 9.18 Å². The van der Waals surface area contributed by atoms with Crippen molar-refractivity contribution in [2.75, 3.05) is 5.73 Å². The van der Waals surface area contributed by atoms with E-state index in [2.05, 4.69) is 12.2 Å². The Kier molecular flexibility index (Phi) is 3.31. The molecule has 1 amide bonds. The van der Waals surface area contributed by atoms with Gasteiger partial charge in [0.15, 0.2) is 0 Å². The van der Waals surface area contributed by atoms with Crippen LogP contribution in [0.25, 0.3) is 0 Å². The lowest BCUT2D eigenvalue weighted by atomic mass is 10.2. The quantitative estimate of drug-likeness (QED) is 0.788. The van der Waals surface area contributed by atoms with Crippen molar-refractivity contribution >= 4 is 11.6 Å². The summed E-state index contributed by atoms with van der Waals surface area (Å²) in [5.41, 5.74) is 6.07. The topological polar surface area (TPSA) is 55.1 Å². The van der Waals surface area contributed by atoms with Crippen LogP contribution < -0.4 is 11.1 Å². The van der Waals surface area contributed by atoms with Gasteiger partial charge < -0.3 is 11.1 Å². The Bertz CT molecular complexity index is 413. The Morgan fingerprint density at radius 3 is 2.94 bits per heavy atom. The molecule has 1 saturated carbocycles. The molecule has 1 aliphatic carbocycles. The van der Waals surface area contributed by atoms with Gasteiger partial charge in [-0.2, -0.15) is 0 Å². The Hall–Kier alpha value is -1.58. The third kappa shape index (κ3) is 2.96. The minimum atomic E-state index is -0.476. The first-order chi connectivity index (χ1) is 8.10. The molecule has 0 saturated heterocycles. The van der Waals surface area contributed by atoms with Crippen molar-refractivity contribution in [3.63, 3.8) is 0 Å². The van der Waals surface area contributed by atoms with Gasteiger partial charge >= 0.3 is 0 Å². The van der Waals surface area contributed by atoms with Gasteiger partial charge in [-0.3, -0.25) is 4.79 Å². The van der Waals surface area contributed by atoms with Crippen LogP contribution in [0.3, 0.4) is 0 Å². The van der Waals surface area contributed by atoms with Crippen LogP contribution in [-0.2, 0) is 0 Å². The van der Waals surface area contributed by atoms with Crippen LogP contribution in [-0.4, -0.2) is 11.9 Å². The molecule has 0 bridgehead atoms. The molecule has 0 heterocycles. The highest BCUT2D eigenvalue weighted by Gasteiger charge is 2.37. The molecular formula is C13H17FN2O. The largest absolute Gasteiger partial charge is 0.399 e. The van der Waals surface area contributed by atoms with E-state index in [1.807, 2.05) is 0 Å². The fraction of sp³-hybridized carbons (Fsp3) is 0.462. The maximum Gasteiger partial charge on any atom is 0.251 e. The second kappa shape index (κ2) is 4.73. The van der Waals surface area contributed by atoms with Gasteiger partial charge in [-0.05, 0) is 37.0 Å². The van der Waals surface area contributed by atoms with Crippen molar-refractivity contribution in [1.29, 1.82) is 0 Å². The van der Waals surface area contributed by atoms with E-state index in [1.165, 1.54) is 18.2 Å². The number of hydrogen-bond donors (Lipinski definition) is 2. The molecule has 2 unspecified atom stereocenters. The first-order valence-corrected chi connectivity index (χ1v) is 5.97. The summed E-state index contributed by atoms with van der Waals surface area (Å²) in [6.07, 6.45) is 3.30. The molecule has 2 atom stereocenters. The van der Waals surface area contributed by atoms with E-state index >= 15 is 0 Å². The van der Waals surface area contributed by atoms with Crippen molar-refractivity contribution in [1.82, 2.24) is 5.32 Å². The van der Waals surface area contributed by atoms with Crippen molar-refractivity contribution in [2.24, 2.45) is 5.92 Å².